The zero-order chi connectivity index (χ0) is 30.2. The maximum absolute atomic E-state index is 14.6. The third-order valence-electron chi connectivity index (χ3n) is 8.44. The molecule has 43 heavy (non-hydrogen) atoms. The maximum Gasteiger partial charge on any atom is 0.280 e. The number of benzene rings is 2. The number of amides is 2. The Hall–Kier alpha value is -4.15. The molecule has 1 fully saturated rings. The van der Waals surface area contributed by atoms with E-state index < -0.39 is 17.4 Å². The molecule has 2 aromatic heterocycles. The van der Waals surface area contributed by atoms with Crippen LogP contribution in [0.1, 0.15) is 60.0 Å². The van der Waals surface area contributed by atoms with E-state index in [4.69, 9.17) is 37.9 Å². The van der Waals surface area contributed by atoms with Crippen molar-refractivity contribution in [3.8, 4) is 17.3 Å². The normalized spacial score (nSPS) is 19.0. The van der Waals surface area contributed by atoms with Gasteiger partial charge in [0.05, 0.1) is 24.1 Å². The van der Waals surface area contributed by atoms with Gasteiger partial charge in [-0.2, -0.15) is 4.98 Å². The van der Waals surface area contributed by atoms with Gasteiger partial charge in [0.25, 0.3) is 11.8 Å². The predicted molar refractivity (Wildman–Crippen MR) is 165 cm³/mol. The van der Waals surface area contributed by atoms with Crippen molar-refractivity contribution in [3.05, 3.63) is 75.2 Å². The van der Waals surface area contributed by atoms with E-state index in [1.165, 1.54) is 4.90 Å². The first kappa shape index (κ1) is 27.7. The average Bonchev–Trinajstić information content (AvgIpc) is 3.75. The summed E-state index contributed by atoms with van der Waals surface area (Å²) in [6, 6.07) is 10.3. The lowest BCUT2D eigenvalue weighted by atomic mass is 9.86. The summed E-state index contributed by atoms with van der Waals surface area (Å²) >= 11 is 12.8. The Morgan fingerprint density at radius 1 is 1.02 bits per heavy atom. The van der Waals surface area contributed by atoms with E-state index in [0.29, 0.717) is 55.9 Å². The highest BCUT2D eigenvalue weighted by atomic mass is 35.5. The van der Waals surface area contributed by atoms with Crippen molar-refractivity contribution in [1.82, 2.24) is 19.5 Å². The zero-order valence-electron chi connectivity index (χ0n) is 24.1. The van der Waals surface area contributed by atoms with Gasteiger partial charge in [-0.05, 0) is 63.4 Å². The molecule has 0 radical (unpaired) electrons. The number of nitrogens with zero attached hydrogens (tertiary/aromatic N) is 6. The summed E-state index contributed by atoms with van der Waals surface area (Å²) < 4.78 is 7.68. The molecule has 10 nitrogen and oxygen atoms in total. The molecule has 12 heteroatoms. The molecule has 220 valence electrons. The van der Waals surface area contributed by atoms with Crippen molar-refractivity contribution in [2.45, 2.75) is 45.2 Å². The number of anilines is 3. The van der Waals surface area contributed by atoms with Crippen LogP contribution < -0.4 is 19.9 Å². The molecule has 3 aliphatic heterocycles. The number of hydrogen-bond acceptors (Lipinski definition) is 7. The summed E-state index contributed by atoms with van der Waals surface area (Å²) in [7, 11) is 1.55. The van der Waals surface area contributed by atoms with E-state index in [9.17, 15) is 9.59 Å². The van der Waals surface area contributed by atoms with E-state index in [1.54, 1.807) is 43.6 Å². The van der Waals surface area contributed by atoms with Crippen molar-refractivity contribution < 1.29 is 14.3 Å². The second kappa shape index (κ2) is 9.96. The standard InChI is InChI=1S/C31H29Cl2N7O3/c1-16(2)39-25-24(36-26(39)20-15-34-30(37-27(20)43-4)38-11-5-6-12-38)28(41)40(23-14-19(33)8-7-17(23)3)31(25)21-10-9-18(32)13-22(21)35-29(31)42/h7-10,13-16H,5-6,11-12H2,1-4H3,(H,35,42)/t31-/m0/s1. The van der Waals surface area contributed by atoms with Crippen molar-refractivity contribution in [3.63, 3.8) is 0 Å². The summed E-state index contributed by atoms with van der Waals surface area (Å²) in [6.07, 6.45) is 3.85. The molecule has 0 bridgehead atoms. The van der Waals surface area contributed by atoms with Crippen LogP contribution in [0.4, 0.5) is 17.3 Å². The summed E-state index contributed by atoms with van der Waals surface area (Å²) in [4.78, 5) is 46.9. The second-order valence-corrected chi connectivity index (χ2v) is 12.2. The number of rotatable bonds is 5. The highest BCUT2D eigenvalue weighted by Crippen LogP contribution is 2.55. The first-order chi connectivity index (χ1) is 20.7. The highest BCUT2D eigenvalue weighted by molar-refractivity contribution is 6.32. The number of carbonyl (C=O) groups is 2. The van der Waals surface area contributed by atoms with Crippen LogP contribution in [-0.4, -0.2) is 51.5 Å². The number of imidazole rings is 1. The number of hydrogen-bond donors (Lipinski definition) is 1. The van der Waals surface area contributed by atoms with E-state index in [2.05, 4.69) is 15.2 Å². The van der Waals surface area contributed by atoms with E-state index >= 15 is 0 Å². The Bertz CT molecular complexity index is 1830. The molecule has 0 unspecified atom stereocenters. The van der Waals surface area contributed by atoms with E-state index in [1.807, 2.05) is 31.4 Å². The van der Waals surface area contributed by atoms with Crippen LogP contribution in [0.25, 0.3) is 11.4 Å². The summed E-state index contributed by atoms with van der Waals surface area (Å²) in [5.74, 6) is 0.555. The summed E-state index contributed by atoms with van der Waals surface area (Å²) in [5.41, 5.74) is 1.96. The monoisotopic (exact) mass is 617 g/mol. The van der Waals surface area contributed by atoms with Crippen molar-refractivity contribution in [1.29, 1.82) is 0 Å². The Labute approximate surface area is 258 Å². The van der Waals surface area contributed by atoms with Crippen LogP contribution in [0.5, 0.6) is 5.88 Å². The van der Waals surface area contributed by atoms with Crippen LogP contribution in [0.15, 0.2) is 42.6 Å². The minimum Gasteiger partial charge on any atom is -0.480 e. The fraction of sp³-hybridized carbons (Fsp3) is 0.323. The molecular weight excluding hydrogens is 589 g/mol. The van der Waals surface area contributed by atoms with Gasteiger partial charge in [0.2, 0.25) is 11.8 Å². The molecule has 0 aliphatic carbocycles. The van der Waals surface area contributed by atoms with Crippen molar-refractivity contribution in [2.24, 2.45) is 0 Å². The summed E-state index contributed by atoms with van der Waals surface area (Å²) in [5, 5.41) is 3.90. The molecule has 2 amide bonds. The number of fused-ring (bicyclic) bond motifs is 4. The highest BCUT2D eigenvalue weighted by Gasteiger charge is 2.64. The lowest BCUT2D eigenvalue weighted by Crippen LogP contribution is -2.51. The minimum absolute atomic E-state index is 0.159. The largest absolute Gasteiger partial charge is 0.480 e. The third kappa shape index (κ3) is 3.89. The van der Waals surface area contributed by atoms with Gasteiger partial charge in [-0.1, -0.05) is 35.3 Å². The predicted octanol–water partition coefficient (Wildman–Crippen LogP) is 6.00. The molecule has 1 spiro atoms. The molecular formula is C31H29Cl2N7O3. The number of aromatic nitrogens is 4. The lowest BCUT2D eigenvalue weighted by molar-refractivity contribution is -0.119. The number of carbonyl (C=O) groups excluding carboxylic acids is 2. The fourth-order valence-corrected chi connectivity index (χ4v) is 6.90. The lowest BCUT2D eigenvalue weighted by Gasteiger charge is -2.36. The van der Waals surface area contributed by atoms with Gasteiger partial charge < -0.3 is 19.5 Å². The van der Waals surface area contributed by atoms with Gasteiger partial charge in [0.1, 0.15) is 5.82 Å². The molecule has 1 atom stereocenters. The van der Waals surface area contributed by atoms with Gasteiger partial charge in [-0.25, -0.2) is 9.97 Å². The topological polar surface area (TPSA) is 105 Å². The van der Waals surface area contributed by atoms with Crippen LogP contribution in [0.3, 0.4) is 0 Å². The van der Waals surface area contributed by atoms with Crippen LogP contribution in [0, 0.1) is 6.92 Å². The average molecular weight is 619 g/mol. The number of halogens is 2. The Morgan fingerprint density at radius 2 is 1.74 bits per heavy atom. The maximum atomic E-state index is 14.6. The van der Waals surface area contributed by atoms with Crippen molar-refractivity contribution in [2.75, 3.05) is 35.3 Å². The van der Waals surface area contributed by atoms with Crippen LogP contribution >= 0.6 is 23.2 Å². The van der Waals surface area contributed by atoms with Gasteiger partial charge in [-0.3, -0.25) is 14.5 Å². The Kier molecular flexibility index (Phi) is 6.41. The van der Waals surface area contributed by atoms with Gasteiger partial charge >= 0.3 is 0 Å². The third-order valence-corrected chi connectivity index (χ3v) is 8.91. The smallest absolute Gasteiger partial charge is 0.280 e. The molecule has 0 saturated carbocycles. The SMILES string of the molecule is COc1nc(N2CCCC2)ncc1-c1nc2c(n1C(C)C)[C@@]1(C(=O)Nc3cc(Cl)ccc31)N(c1cc(Cl)ccc1C)C2=O. The van der Waals surface area contributed by atoms with Crippen LogP contribution in [-0.2, 0) is 10.3 Å². The molecule has 1 N–H and O–H groups in total. The molecule has 3 aliphatic rings. The number of methoxy groups -OCH3 is 1. The zero-order valence-corrected chi connectivity index (χ0v) is 25.6. The van der Waals surface area contributed by atoms with Crippen LogP contribution in [0.2, 0.25) is 10.0 Å². The number of nitrogens with one attached hydrogen (secondary N) is 1. The fourth-order valence-electron chi connectivity index (χ4n) is 6.56. The van der Waals surface area contributed by atoms with Gasteiger partial charge in [0.15, 0.2) is 11.2 Å². The number of ether oxygens (including phenoxy) is 1. The first-order valence-corrected chi connectivity index (χ1v) is 14.9. The molecule has 1 saturated heterocycles. The van der Waals surface area contributed by atoms with E-state index in [0.717, 1.165) is 31.5 Å². The van der Waals surface area contributed by atoms with E-state index in [-0.39, 0.29) is 11.7 Å². The Balaban J connectivity index is 1.52. The molecule has 4 aromatic rings. The molecule has 5 heterocycles. The Morgan fingerprint density at radius 3 is 2.47 bits per heavy atom. The van der Waals surface area contributed by atoms with Gasteiger partial charge in [-0.15, -0.1) is 0 Å². The molecule has 7 rings (SSSR count). The minimum atomic E-state index is -1.58. The number of aryl methyl sites for hydroxylation is 1. The van der Waals surface area contributed by atoms with Gasteiger partial charge in [0, 0.05) is 46.6 Å². The summed E-state index contributed by atoms with van der Waals surface area (Å²) in [6.45, 7) is 7.61. The first-order valence-electron chi connectivity index (χ1n) is 14.2. The van der Waals surface area contributed by atoms with Crippen molar-refractivity contribution >= 4 is 52.3 Å². The molecule has 2 aromatic carbocycles. The second-order valence-electron chi connectivity index (χ2n) is 11.3. The quantitative estimate of drug-likeness (QED) is 0.293.